The van der Waals surface area contributed by atoms with Crippen LogP contribution in [-0.2, 0) is 4.79 Å². The Labute approximate surface area is 163 Å². The Hall–Kier alpha value is -1.49. The third-order valence-electron chi connectivity index (χ3n) is 6.07. The molecule has 2 fully saturated rings. The minimum Gasteiger partial charge on any atom is -0.354 e. The van der Waals surface area contributed by atoms with Crippen molar-refractivity contribution in [3.05, 3.63) is 24.1 Å². The van der Waals surface area contributed by atoms with Gasteiger partial charge in [0.15, 0.2) is 0 Å². The molecule has 1 aliphatic heterocycles. The van der Waals surface area contributed by atoms with Gasteiger partial charge in [0.05, 0.1) is 0 Å². The summed E-state index contributed by atoms with van der Waals surface area (Å²) in [7, 11) is 0. The highest BCUT2D eigenvalue weighted by Crippen LogP contribution is 2.27. The molecule has 1 aliphatic carbocycles. The van der Waals surface area contributed by atoms with Crippen LogP contribution in [0.5, 0.6) is 0 Å². The molecule has 0 amide bonds. The summed E-state index contributed by atoms with van der Waals surface area (Å²) in [6.07, 6.45) is 11.5. The Balaban J connectivity index is 1.23. The van der Waals surface area contributed by atoms with Gasteiger partial charge in [0.2, 0.25) is 5.95 Å². The topological polar surface area (TPSA) is 36.4 Å². The predicted molar refractivity (Wildman–Crippen MR) is 108 cm³/mol. The number of anilines is 1. The van der Waals surface area contributed by atoms with Gasteiger partial charge in [0, 0.05) is 39.0 Å². The van der Waals surface area contributed by atoms with Crippen molar-refractivity contribution in [2.45, 2.75) is 64.2 Å². The van der Waals surface area contributed by atoms with E-state index in [-0.39, 0.29) is 0 Å². The standard InChI is InChI=1S/C22H34FN3O/c23-21-11-7-12-22(24-21)26-16-14-25(15-17-26)13-6-2-5-10-20(27)18-19-8-3-1-4-9-19/h7,11-12,19H,1-6,8-10,13-18H2. The summed E-state index contributed by atoms with van der Waals surface area (Å²) >= 11 is 0. The average Bonchev–Trinajstić information content (AvgIpc) is 2.69. The van der Waals surface area contributed by atoms with Gasteiger partial charge in [-0.25, -0.2) is 4.98 Å². The van der Waals surface area contributed by atoms with Crippen molar-refractivity contribution in [2.75, 3.05) is 37.6 Å². The molecule has 0 bridgehead atoms. The number of hydrogen-bond acceptors (Lipinski definition) is 4. The molecule has 4 nitrogen and oxygen atoms in total. The van der Waals surface area contributed by atoms with Crippen LogP contribution in [0.3, 0.4) is 0 Å². The van der Waals surface area contributed by atoms with Crippen LogP contribution in [0.4, 0.5) is 10.2 Å². The molecule has 1 saturated carbocycles. The third kappa shape index (κ3) is 6.87. The molecular weight excluding hydrogens is 341 g/mol. The Morgan fingerprint density at radius 1 is 1.04 bits per heavy atom. The number of nitrogens with zero attached hydrogens (tertiary/aromatic N) is 3. The molecule has 3 rings (SSSR count). The van der Waals surface area contributed by atoms with Gasteiger partial charge in [-0.2, -0.15) is 4.39 Å². The first-order valence-electron chi connectivity index (χ1n) is 10.8. The molecular formula is C22H34FN3O. The molecule has 1 aromatic rings. The van der Waals surface area contributed by atoms with Crippen LogP contribution in [0.1, 0.15) is 64.2 Å². The summed E-state index contributed by atoms with van der Waals surface area (Å²) in [5.74, 6) is 1.49. The Morgan fingerprint density at radius 2 is 1.81 bits per heavy atom. The lowest BCUT2D eigenvalue weighted by molar-refractivity contribution is -0.120. The largest absolute Gasteiger partial charge is 0.354 e. The SMILES string of the molecule is O=C(CCCCCN1CCN(c2cccc(F)n2)CC1)CC1CCCCC1. The number of Topliss-reactive ketones (excluding diaryl/α,β-unsaturated/α-hetero) is 1. The fourth-order valence-corrected chi connectivity index (χ4v) is 4.42. The zero-order valence-electron chi connectivity index (χ0n) is 16.5. The maximum atomic E-state index is 13.3. The highest BCUT2D eigenvalue weighted by atomic mass is 19.1. The normalized spacial score (nSPS) is 19.4. The minimum absolute atomic E-state index is 0.409. The maximum absolute atomic E-state index is 13.3. The fourth-order valence-electron chi connectivity index (χ4n) is 4.42. The van der Waals surface area contributed by atoms with Gasteiger partial charge >= 0.3 is 0 Å². The van der Waals surface area contributed by atoms with E-state index in [1.807, 2.05) is 6.07 Å². The summed E-state index contributed by atoms with van der Waals surface area (Å²) in [6.45, 7) is 4.89. The molecule has 0 radical (unpaired) electrons. The number of aromatic nitrogens is 1. The Kier molecular flexibility index (Phi) is 8.06. The Bertz CT molecular complexity index is 581. The van der Waals surface area contributed by atoms with Crippen LogP contribution in [-0.4, -0.2) is 48.4 Å². The second-order valence-electron chi connectivity index (χ2n) is 8.20. The lowest BCUT2D eigenvalue weighted by atomic mass is 9.85. The number of unbranched alkanes of at least 4 members (excludes halogenated alkanes) is 2. The molecule has 0 unspecified atom stereocenters. The average molecular weight is 376 g/mol. The minimum atomic E-state index is -0.409. The van der Waals surface area contributed by atoms with Gasteiger partial charge in [-0.1, -0.05) is 44.6 Å². The number of pyridine rings is 1. The number of carbonyl (C=O) groups is 1. The van der Waals surface area contributed by atoms with E-state index in [1.54, 1.807) is 6.07 Å². The summed E-state index contributed by atoms with van der Waals surface area (Å²) < 4.78 is 13.3. The van der Waals surface area contributed by atoms with E-state index in [4.69, 9.17) is 0 Å². The van der Waals surface area contributed by atoms with E-state index < -0.39 is 5.95 Å². The first-order chi connectivity index (χ1) is 13.2. The molecule has 2 heterocycles. The molecule has 2 aliphatic rings. The molecule has 5 heteroatoms. The zero-order chi connectivity index (χ0) is 18.9. The molecule has 0 N–H and O–H groups in total. The zero-order valence-corrected chi connectivity index (χ0v) is 16.5. The fraction of sp³-hybridized carbons (Fsp3) is 0.727. The molecule has 0 aromatic carbocycles. The smallest absolute Gasteiger partial charge is 0.214 e. The van der Waals surface area contributed by atoms with Gasteiger partial charge in [-0.05, 0) is 37.4 Å². The van der Waals surface area contributed by atoms with Gasteiger partial charge in [-0.15, -0.1) is 0 Å². The number of ketones is 1. The monoisotopic (exact) mass is 375 g/mol. The van der Waals surface area contributed by atoms with E-state index in [0.717, 1.165) is 70.6 Å². The maximum Gasteiger partial charge on any atom is 0.214 e. The highest BCUT2D eigenvalue weighted by molar-refractivity contribution is 5.78. The third-order valence-corrected chi connectivity index (χ3v) is 6.07. The number of halogens is 1. The van der Waals surface area contributed by atoms with Crippen LogP contribution in [0, 0.1) is 11.9 Å². The second-order valence-corrected chi connectivity index (χ2v) is 8.20. The van der Waals surface area contributed by atoms with Crippen LogP contribution in [0.2, 0.25) is 0 Å². The van der Waals surface area contributed by atoms with Gasteiger partial charge in [-0.3, -0.25) is 9.69 Å². The molecule has 0 spiro atoms. The molecule has 1 aromatic heterocycles. The van der Waals surface area contributed by atoms with Crippen molar-refractivity contribution in [1.29, 1.82) is 0 Å². The summed E-state index contributed by atoms with van der Waals surface area (Å²) in [6, 6.07) is 4.99. The van der Waals surface area contributed by atoms with E-state index in [1.165, 1.54) is 38.2 Å². The lowest BCUT2D eigenvalue weighted by Gasteiger charge is -2.35. The molecule has 0 atom stereocenters. The van der Waals surface area contributed by atoms with Crippen molar-refractivity contribution >= 4 is 11.6 Å². The van der Waals surface area contributed by atoms with Crippen molar-refractivity contribution < 1.29 is 9.18 Å². The molecule has 150 valence electrons. The molecule has 1 saturated heterocycles. The van der Waals surface area contributed by atoms with E-state index in [9.17, 15) is 9.18 Å². The number of piperazine rings is 1. The van der Waals surface area contributed by atoms with Crippen molar-refractivity contribution in [3.8, 4) is 0 Å². The van der Waals surface area contributed by atoms with E-state index in [0.29, 0.717) is 11.7 Å². The Morgan fingerprint density at radius 3 is 2.56 bits per heavy atom. The lowest BCUT2D eigenvalue weighted by Crippen LogP contribution is -2.46. The van der Waals surface area contributed by atoms with Gasteiger partial charge in [0.25, 0.3) is 0 Å². The number of hydrogen-bond donors (Lipinski definition) is 0. The van der Waals surface area contributed by atoms with Crippen LogP contribution in [0.25, 0.3) is 0 Å². The molecule has 27 heavy (non-hydrogen) atoms. The number of rotatable bonds is 9. The van der Waals surface area contributed by atoms with Crippen LogP contribution < -0.4 is 4.90 Å². The predicted octanol–water partition coefficient (Wildman–Crippen LogP) is 4.44. The van der Waals surface area contributed by atoms with Crippen LogP contribution >= 0.6 is 0 Å². The second kappa shape index (κ2) is 10.7. The first kappa shape index (κ1) is 20.2. The van der Waals surface area contributed by atoms with E-state index in [2.05, 4.69) is 14.8 Å². The van der Waals surface area contributed by atoms with Gasteiger partial charge < -0.3 is 4.90 Å². The number of carbonyl (C=O) groups excluding carboxylic acids is 1. The highest BCUT2D eigenvalue weighted by Gasteiger charge is 2.18. The summed E-state index contributed by atoms with van der Waals surface area (Å²) in [5.41, 5.74) is 0. The first-order valence-corrected chi connectivity index (χ1v) is 10.8. The van der Waals surface area contributed by atoms with Crippen molar-refractivity contribution in [1.82, 2.24) is 9.88 Å². The van der Waals surface area contributed by atoms with Gasteiger partial charge in [0.1, 0.15) is 11.6 Å². The summed E-state index contributed by atoms with van der Waals surface area (Å²) in [5, 5.41) is 0. The van der Waals surface area contributed by atoms with Crippen LogP contribution in [0.15, 0.2) is 18.2 Å². The summed E-state index contributed by atoms with van der Waals surface area (Å²) in [4.78, 5) is 20.7. The van der Waals surface area contributed by atoms with Crippen molar-refractivity contribution in [3.63, 3.8) is 0 Å². The van der Waals surface area contributed by atoms with E-state index >= 15 is 0 Å². The quantitative estimate of drug-likeness (QED) is 0.472. The van der Waals surface area contributed by atoms with Crippen molar-refractivity contribution in [2.24, 2.45) is 5.92 Å².